The number of rotatable bonds is 9. The lowest BCUT2D eigenvalue weighted by Gasteiger charge is -2.18. The first-order valence-corrected chi connectivity index (χ1v) is 9.89. The van der Waals surface area contributed by atoms with Gasteiger partial charge in [0.05, 0.1) is 25.8 Å². The number of carbonyl (C=O) groups excluding carboxylic acids is 2. The number of carbonyl (C=O) groups is 2. The van der Waals surface area contributed by atoms with E-state index in [1.165, 1.54) is 0 Å². The summed E-state index contributed by atoms with van der Waals surface area (Å²) in [6, 6.07) is 11.0. The zero-order valence-corrected chi connectivity index (χ0v) is 17.8. The van der Waals surface area contributed by atoms with E-state index in [2.05, 4.69) is 10.6 Å². The lowest BCUT2D eigenvalue weighted by molar-refractivity contribution is -0.120. The summed E-state index contributed by atoms with van der Waals surface area (Å²) in [5.74, 6) is 0.801. The summed E-state index contributed by atoms with van der Waals surface area (Å²) < 4.78 is 11.2. The van der Waals surface area contributed by atoms with Crippen molar-refractivity contribution in [2.75, 3.05) is 19.8 Å². The summed E-state index contributed by atoms with van der Waals surface area (Å²) in [5.41, 5.74) is 3.46. The van der Waals surface area contributed by atoms with Gasteiger partial charge in [-0.2, -0.15) is 0 Å². The van der Waals surface area contributed by atoms with Gasteiger partial charge in [-0.3, -0.25) is 9.59 Å². The lowest BCUT2D eigenvalue weighted by Crippen LogP contribution is -2.38. The fraction of sp³-hybridized carbons (Fsp3) is 0.391. The van der Waals surface area contributed by atoms with Crippen molar-refractivity contribution >= 4 is 11.8 Å². The number of amides is 2. The molecule has 6 heteroatoms. The molecule has 0 aliphatic carbocycles. The second-order valence-electron chi connectivity index (χ2n) is 6.92. The molecule has 2 aromatic rings. The van der Waals surface area contributed by atoms with E-state index in [1.807, 2.05) is 58.9 Å². The molecule has 2 N–H and O–H groups in total. The van der Waals surface area contributed by atoms with Crippen molar-refractivity contribution in [2.45, 2.75) is 40.7 Å². The van der Waals surface area contributed by atoms with Gasteiger partial charge in [-0.1, -0.05) is 23.3 Å². The van der Waals surface area contributed by atoms with Crippen LogP contribution in [0.15, 0.2) is 36.4 Å². The Bertz CT molecular complexity index is 844. The Balaban J connectivity index is 1.96. The molecule has 0 heterocycles. The number of ether oxygens (including phenoxy) is 2. The van der Waals surface area contributed by atoms with Crippen molar-refractivity contribution in [1.29, 1.82) is 0 Å². The van der Waals surface area contributed by atoms with Gasteiger partial charge in [0, 0.05) is 5.56 Å². The van der Waals surface area contributed by atoms with Crippen LogP contribution >= 0.6 is 0 Å². The SMILES string of the molecule is CCOc1ccc(C(C)NC(=O)CNC(=O)c2cc(C)cc(C)c2)cc1OCC. The molecule has 2 rings (SSSR count). The van der Waals surface area contributed by atoms with E-state index in [1.54, 1.807) is 12.1 Å². The van der Waals surface area contributed by atoms with Crippen molar-refractivity contribution in [1.82, 2.24) is 10.6 Å². The van der Waals surface area contributed by atoms with Crippen molar-refractivity contribution < 1.29 is 19.1 Å². The molecule has 0 saturated carbocycles. The second kappa shape index (κ2) is 10.5. The number of hydrogen-bond donors (Lipinski definition) is 2. The highest BCUT2D eigenvalue weighted by Gasteiger charge is 2.14. The summed E-state index contributed by atoms with van der Waals surface area (Å²) in [6.45, 7) is 10.6. The molecule has 0 spiro atoms. The van der Waals surface area contributed by atoms with Crippen LogP contribution in [0.25, 0.3) is 0 Å². The first kappa shape index (κ1) is 22.3. The highest BCUT2D eigenvalue weighted by Crippen LogP contribution is 2.30. The van der Waals surface area contributed by atoms with Crippen LogP contribution in [0.4, 0.5) is 0 Å². The van der Waals surface area contributed by atoms with E-state index in [9.17, 15) is 9.59 Å². The molecule has 6 nitrogen and oxygen atoms in total. The maximum Gasteiger partial charge on any atom is 0.251 e. The maximum atomic E-state index is 12.3. The molecule has 29 heavy (non-hydrogen) atoms. The van der Waals surface area contributed by atoms with Gasteiger partial charge in [0.15, 0.2) is 11.5 Å². The highest BCUT2D eigenvalue weighted by molar-refractivity contribution is 5.96. The Morgan fingerprint density at radius 3 is 2.17 bits per heavy atom. The van der Waals surface area contributed by atoms with Crippen LogP contribution in [0.5, 0.6) is 11.5 Å². The minimum absolute atomic E-state index is 0.0918. The molecule has 2 amide bonds. The molecule has 0 aliphatic heterocycles. The standard InChI is InChI=1S/C23H30N2O4/c1-6-28-20-9-8-18(13-21(20)29-7-2)17(5)25-22(26)14-24-23(27)19-11-15(3)10-16(4)12-19/h8-13,17H,6-7,14H2,1-5H3,(H,24,27)(H,25,26). The van der Waals surface area contributed by atoms with E-state index in [-0.39, 0.29) is 24.4 Å². The van der Waals surface area contributed by atoms with Crippen molar-refractivity contribution in [3.05, 3.63) is 58.7 Å². The maximum absolute atomic E-state index is 12.3. The summed E-state index contributed by atoms with van der Waals surface area (Å²) in [7, 11) is 0. The molecule has 0 radical (unpaired) electrons. The molecular formula is C23H30N2O4. The van der Waals surface area contributed by atoms with Gasteiger partial charge in [0.2, 0.25) is 5.91 Å². The van der Waals surface area contributed by atoms with Crippen molar-refractivity contribution in [2.24, 2.45) is 0 Å². The van der Waals surface area contributed by atoms with E-state index in [0.29, 0.717) is 30.3 Å². The smallest absolute Gasteiger partial charge is 0.251 e. The average Bonchev–Trinajstić information content (AvgIpc) is 2.67. The van der Waals surface area contributed by atoms with E-state index in [0.717, 1.165) is 16.7 Å². The number of benzene rings is 2. The van der Waals surface area contributed by atoms with Gasteiger partial charge in [0.1, 0.15) is 0 Å². The third-order valence-corrected chi connectivity index (χ3v) is 4.34. The summed E-state index contributed by atoms with van der Waals surface area (Å²) >= 11 is 0. The van der Waals surface area contributed by atoms with Crippen LogP contribution in [0.2, 0.25) is 0 Å². The average molecular weight is 399 g/mol. The Hall–Kier alpha value is -3.02. The summed E-state index contributed by atoms with van der Waals surface area (Å²) in [4.78, 5) is 24.6. The van der Waals surface area contributed by atoms with E-state index < -0.39 is 0 Å². The molecule has 0 aromatic heterocycles. The van der Waals surface area contributed by atoms with Gasteiger partial charge >= 0.3 is 0 Å². The quantitative estimate of drug-likeness (QED) is 0.675. The second-order valence-corrected chi connectivity index (χ2v) is 6.92. The molecule has 1 unspecified atom stereocenters. The van der Waals surface area contributed by atoms with Gasteiger partial charge in [-0.05, 0) is 64.4 Å². The minimum Gasteiger partial charge on any atom is -0.490 e. The van der Waals surface area contributed by atoms with Crippen molar-refractivity contribution in [3.8, 4) is 11.5 Å². The van der Waals surface area contributed by atoms with Crippen LogP contribution in [0, 0.1) is 13.8 Å². The predicted octanol–water partition coefficient (Wildman–Crippen LogP) is 3.71. The third-order valence-electron chi connectivity index (χ3n) is 4.34. The van der Waals surface area contributed by atoms with E-state index >= 15 is 0 Å². The molecule has 1 atom stereocenters. The van der Waals surface area contributed by atoms with Gasteiger partial charge in [0.25, 0.3) is 5.91 Å². The minimum atomic E-state index is -0.265. The third kappa shape index (κ3) is 6.52. The van der Waals surface area contributed by atoms with Crippen LogP contribution in [-0.4, -0.2) is 31.6 Å². The summed E-state index contributed by atoms with van der Waals surface area (Å²) in [6.07, 6.45) is 0. The predicted molar refractivity (Wildman–Crippen MR) is 114 cm³/mol. The summed E-state index contributed by atoms with van der Waals surface area (Å²) in [5, 5.41) is 5.57. The normalized spacial score (nSPS) is 11.5. The van der Waals surface area contributed by atoms with Gasteiger partial charge < -0.3 is 20.1 Å². The topological polar surface area (TPSA) is 76.7 Å². The molecule has 156 valence electrons. The largest absolute Gasteiger partial charge is 0.490 e. The van der Waals surface area contributed by atoms with Crippen molar-refractivity contribution in [3.63, 3.8) is 0 Å². The van der Waals surface area contributed by atoms with Crippen LogP contribution in [-0.2, 0) is 4.79 Å². The first-order valence-electron chi connectivity index (χ1n) is 9.89. The Labute approximate surface area is 172 Å². The molecule has 0 bridgehead atoms. The number of nitrogens with one attached hydrogen (secondary N) is 2. The first-order chi connectivity index (χ1) is 13.8. The Morgan fingerprint density at radius 1 is 0.931 bits per heavy atom. The number of hydrogen-bond acceptors (Lipinski definition) is 4. The zero-order valence-electron chi connectivity index (χ0n) is 17.8. The molecular weight excluding hydrogens is 368 g/mol. The Morgan fingerprint density at radius 2 is 1.55 bits per heavy atom. The molecule has 0 aliphatic rings. The highest BCUT2D eigenvalue weighted by atomic mass is 16.5. The molecule has 2 aromatic carbocycles. The fourth-order valence-corrected chi connectivity index (χ4v) is 3.08. The van der Waals surface area contributed by atoms with Crippen LogP contribution < -0.4 is 20.1 Å². The molecule has 0 fully saturated rings. The van der Waals surface area contributed by atoms with Gasteiger partial charge in [-0.25, -0.2) is 0 Å². The fourth-order valence-electron chi connectivity index (χ4n) is 3.08. The Kier molecular flexibility index (Phi) is 8.07. The number of aryl methyl sites for hydroxylation is 2. The zero-order chi connectivity index (χ0) is 21.4. The molecule has 0 saturated heterocycles. The van der Waals surface area contributed by atoms with Crippen LogP contribution in [0.1, 0.15) is 53.9 Å². The lowest BCUT2D eigenvalue weighted by atomic mass is 10.1. The van der Waals surface area contributed by atoms with Crippen LogP contribution in [0.3, 0.4) is 0 Å². The van der Waals surface area contributed by atoms with Gasteiger partial charge in [-0.15, -0.1) is 0 Å². The van der Waals surface area contributed by atoms with E-state index in [4.69, 9.17) is 9.47 Å². The monoisotopic (exact) mass is 398 g/mol.